The minimum atomic E-state index is -1.17. The normalized spacial score (nSPS) is 15.2. The zero-order valence-corrected chi connectivity index (χ0v) is 14.3. The summed E-state index contributed by atoms with van der Waals surface area (Å²) in [5.41, 5.74) is -0.915. The lowest BCUT2D eigenvalue weighted by Crippen LogP contribution is -2.55. The highest BCUT2D eigenvalue weighted by Crippen LogP contribution is 2.38. The summed E-state index contributed by atoms with van der Waals surface area (Å²) in [6.07, 6.45) is 1.50. The Kier molecular flexibility index (Phi) is 4.41. The molecule has 2 N–H and O–H groups in total. The maximum atomic E-state index is 12.7. The largest absolute Gasteiger partial charge is 0.478 e. The third-order valence-electron chi connectivity index (χ3n) is 3.96. The molecule has 0 bridgehead atoms. The van der Waals surface area contributed by atoms with E-state index in [1.165, 1.54) is 29.4 Å². The Labute approximate surface area is 149 Å². The first-order chi connectivity index (χ1) is 12.3. The molecule has 1 aliphatic heterocycles. The number of nitrogens with zero attached hydrogens (tertiary/aromatic N) is 1. The van der Waals surface area contributed by atoms with E-state index >= 15 is 0 Å². The number of benzene rings is 1. The molecular formula is C18H18N2O6. The molecule has 2 aromatic rings. The molecule has 2 amide bonds. The molecule has 8 heteroatoms. The number of aromatic carboxylic acids is 1. The molecule has 0 radical (unpaired) electrons. The van der Waals surface area contributed by atoms with E-state index in [9.17, 15) is 19.5 Å². The van der Waals surface area contributed by atoms with Gasteiger partial charge in [0.25, 0.3) is 5.91 Å². The van der Waals surface area contributed by atoms with Crippen molar-refractivity contribution in [3.8, 4) is 5.75 Å². The molecule has 3 rings (SSSR count). The SMILES string of the molecule is CC1(C)Oc2ccc(C(=O)O)cc2N(CC(=O)NCc2ccco2)C1=O. The number of rotatable bonds is 5. The second-order valence-electron chi connectivity index (χ2n) is 6.35. The number of amides is 2. The van der Waals surface area contributed by atoms with Gasteiger partial charge in [0.1, 0.15) is 18.1 Å². The molecule has 0 spiro atoms. The average Bonchev–Trinajstić information content (AvgIpc) is 3.10. The monoisotopic (exact) mass is 358 g/mol. The number of hydrogen-bond donors (Lipinski definition) is 2. The maximum Gasteiger partial charge on any atom is 0.335 e. The number of fused-ring (bicyclic) bond motifs is 1. The van der Waals surface area contributed by atoms with Crippen LogP contribution >= 0.6 is 0 Å². The van der Waals surface area contributed by atoms with E-state index in [4.69, 9.17) is 9.15 Å². The highest BCUT2D eigenvalue weighted by molar-refractivity contribution is 6.06. The lowest BCUT2D eigenvalue weighted by molar-refractivity contribution is -0.134. The smallest absolute Gasteiger partial charge is 0.335 e. The Morgan fingerprint density at radius 1 is 1.27 bits per heavy atom. The Hall–Kier alpha value is -3.29. The second kappa shape index (κ2) is 6.55. The number of carboxylic acids is 1. The fourth-order valence-electron chi connectivity index (χ4n) is 2.66. The van der Waals surface area contributed by atoms with E-state index in [-0.39, 0.29) is 24.3 Å². The van der Waals surface area contributed by atoms with E-state index in [0.29, 0.717) is 11.5 Å². The van der Waals surface area contributed by atoms with Crippen LogP contribution in [-0.2, 0) is 16.1 Å². The number of carbonyl (C=O) groups excluding carboxylic acids is 2. The van der Waals surface area contributed by atoms with Gasteiger partial charge in [-0.15, -0.1) is 0 Å². The second-order valence-corrected chi connectivity index (χ2v) is 6.35. The standard InChI is InChI=1S/C18H18N2O6/c1-18(2)17(24)20(10-15(21)19-9-12-4-3-7-25-12)13-8-11(16(22)23)5-6-14(13)26-18/h3-8H,9-10H2,1-2H3,(H,19,21)(H,22,23). The highest BCUT2D eigenvalue weighted by atomic mass is 16.5. The number of carbonyl (C=O) groups is 3. The lowest BCUT2D eigenvalue weighted by Gasteiger charge is -2.38. The molecule has 0 atom stereocenters. The van der Waals surface area contributed by atoms with Gasteiger partial charge in [-0.05, 0) is 44.2 Å². The minimum Gasteiger partial charge on any atom is -0.478 e. The lowest BCUT2D eigenvalue weighted by atomic mass is 10.0. The molecule has 0 saturated carbocycles. The Balaban J connectivity index is 1.84. The summed E-state index contributed by atoms with van der Waals surface area (Å²) in [4.78, 5) is 37.5. The van der Waals surface area contributed by atoms with Crippen LogP contribution < -0.4 is 15.0 Å². The average molecular weight is 358 g/mol. The van der Waals surface area contributed by atoms with Crippen molar-refractivity contribution in [3.05, 3.63) is 47.9 Å². The van der Waals surface area contributed by atoms with Gasteiger partial charge in [0, 0.05) is 0 Å². The van der Waals surface area contributed by atoms with Crippen molar-refractivity contribution in [2.75, 3.05) is 11.4 Å². The van der Waals surface area contributed by atoms with Gasteiger partial charge in [-0.25, -0.2) is 4.79 Å². The summed E-state index contributed by atoms with van der Waals surface area (Å²) < 4.78 is 10.8. The number of hydrogen-bond acceptors (Lipinski definition) is 5. The first kappa shape index (κ1) is 17.5. The highest BCUT2D eigenvalue weighted by Gasteiger charge is 2.41. The topological polar surface area (TPSA) is 109 Å². The van der Waals surface area contributed by atoms with Crippen molar-refractivity contribution in [3.63, 3.8) is 0 Å². The van der Waals surface area contributed by atoms with Crippen LogP contribution in [0.1, 0.15) is 30.0 Å². The number of ether oxygens (including phenoxy) is 1. The summed E-state index contributed by atoms with van der Waals surface area (Å²) in [6, 6.07) is 7.63. The van der Waals surface area contributed by atoms with Crippen LogP contribution in [0.2, 0.25) is 0 Å². The molecule has 136 valence electrons. The fraction of sp³-hybridized carbons (Fsp3) is 0.278. The molecule has 0 saturated heterocycles. The number of carboxylic acid groups (broad SMARTS) is 1. The van der Waals surface area contributed by atoms with Gasteiger partial charge in [-0.2, -0.15) is 0 Å². The Morgan fingerprint density at radius 2 is 2.04 bits per heavy atom. The van der Waals surface area contributed by atoms with Gasteiger partial charge in [0.2, 0.25) is 5.91 Å². The van der Waals surface area contributed by atoms with Crippen LogP contribution in [0, 0.1) is 0 Å². The van der Waals surface area contributed by atoms with Crippen molar-refractivity contribution in [2.45, 2.75) is 26.0 Å². The first-order valence-corrected chi connectivity index (χ1v) is 7.95. The Morgan fingerprint density at radius 3 is 2.69 bits per heavy atom. The molecule has 0 unspecified atom stereocenters. The van der Waals surface area contributed by atoms with Crippen molar-refractivity contribution < 1.29 is 28.6 Å². The predicted molar refractivity (Wildman–Crippen MR) is 91.0 cm³/mol. The van der Waals surface area contributed by atoms with Gasteiger partial charge < -0.3 is 19.6 Å². The zero-order valence-electron chi connectivity index (χ0n) is 14.3. The van der Waals surface area contributed by atoms with Crippen molar-refractivity contribution in [1.82, 2.24) is 5.32 Å². The number of nitrogens with one attached hydrogen (secondary N) is 1. The summed E-state index contributed by atoms with van der Waals surface area (Å²) in [5.74, 6) is -1.04. The van der Waals surface area contributed by atoms with E-state index in [1.54, 1.807) is 26.0 Å². The number of furan rings is 1. The molecule has 0 fully saturated rings. The van der Waals surface area contributed by atoms with Gasteiger partial charge in [0.05, 0.1) is 24.1 Å². The van der Waals surface area contributed by atoms with Gasteiger partial charge in [0.15, 0.2) is 5.60 Å². The summed E-state index contributed by atoms with van der Waals surface area (Å²) in [7, 11) is 0. The maximum absolute atomic E-state index is 12.7. The Bertz CT molecular complexity index is 857. The van der Waals surface area contributed by atoms with Crippen LogP contribution in [0.15, 0.2) is 41.0 Å². The number of anilines is 1. The van der Waals surface area contributed by atoms with Crippen molar-refractivity contribution in [1.29, 1.82) is 0 Å². The third-order valence-corrected chi connectivity index (χ3v) is 3.96. The van der Waals surface area contributed by atoms with E-state index in [2.05, 4.69) is 5.32 Å². The van der Waals surface area contributed by atoms with Crippen LogP contribution in [0.4, 0.5) is 5.69 Å². The summed E-state index contributed by atoms with van der Waals surface area (Å²) in [5, 5.41) is 11.8. The van der Waals surface area contributed by atoms with Gasteiger partial charge in [-0.1, -0.05) is 0 Å². The summed E-state index contributed by atoms with van der Waals surface area (Å²) in [6.45, 7) is 3.12. The van der Waals surface area contributed by atoms with Crippen LogP contribution in [-0.4, -0.2) is 35.0 Å². The van der Waals surface area contributed by atoms with E-state index in [0.717, 1.165) is 0 Å². The van der Waals surface area contributed by atoms with Crippen LogP contribution in [0.5, 0.6) is 5.75 Å². The van der Waals surface area contributed by atoms with Gasteiger partial charge >= 0.3 is 5.97 Å². The molecular weight excluding hydrogens is 340 g/mol. The molecule has 0 aliphatic carbocycles. The van der Waals surface area contributed by atoms with E-state index in [1.807, 2.05) is 0 Å². The van der Waals surface area contributed by atoms with Gasteiger partial charge in [-0.3, -0.25) is 14.5 Å². The molecule has 1 aromatic carbocycles. The van der Waals surface area contributed by atoms with E-state index < -0.39 is 23.4 Å². The fourth-order valence-corrected chi connectivity index (χ4v) is 2.66. The van der Waals surface area contributed by atoms with Crippen LogP contribution in [0.25, 0.3) is 0 Å². The van der Waals surface area contributed by atoms with Crippen LogP contribution in [0.3, 0.4) is 0 Å². The quantitative estimate of drug-likeness (QED) is 0.843. The molecule has 1 aliphatic rings. The molecule has 1 aromatic heterocycles. The first-order valence-electron chi connectivity index (χ1n) is 7.95. The predicted octanol–water partition coefficient (Wildman–Crippen LogP) is 1.80. The molecule has 26 heavy (non-hydrogen) atoms. The molecule has 8 nitrogen and oxygen atoms in total. The minimum absolute atomic E-state index is 0.000787. The summed E-state index contributed by atoms with van der Waals surface area (Å²) >= 11 is 0. The van der Waals surface area contributed by atoms with Crippen molar-refractivity contribution >= 4 is 23.5 Å². The van der Waals surface area contributed by atoms with Crippen molar-refractivity contribution in [2.24, 2.45) is 0 Å². The third kappa shape index (κ3) is 3.39. The molecule has 2 heterocycles. The zero-order chi connectivity index (χ0) is 18.9.